The molecule has 1 aliphatic rings. The number of nitrogens with zero attached hydrogens (tertiary/aromatic N) is 1. The van der Waals surface area contributed by atoms with E-state index >= 15 is 0 Å². The van der Waals surface area contributed by atoms with Gasteiger partial charge in [0.15, 0.2) is 4.77 Å². The maximum Gasteiger partial charge on any atom is 0.177 e. The third-order valence-corrected chi connectivity index (χ3v) is 3.65. The molecule has 90 valence electrons. The summed E-state index contributed by atoms with van der Waals surface area (Å²) in [6, 6.07) is 0. The molecular weight excluding hydrogens is 220 g/mol. The van der Waals surface area contributed by atoms with E-state index in [0.717, 1.165) is 30.8 Å². The number of rotatable bonds is 2. The largest absolute Gasteiger partial charge is 0.379 e. The fraction of sp³-hybridized carbons (Fsp3) is 0.750. The third-order valence-electron chi connectivity index (χ3n) is 3.35. The predicted molar refractivity (Wildman–Crippen MR) is 67.4 cm³/mol. The molecule has 0 radical (unpaired) electrons. The van der Waals surface area contributed by atoms with Crippen molar-refractivity contribution < 1.29 is 4.74 Å². The van der Waals surface area contributed by atoms with Crippen molar-refractivity contribution in [2.24, 2.45) is 0 Å². The summed E-state index contributed by atoms with van der Waals surface area (Å²) in [6.07, 6.45) is 4.28. The van der Waals surface area contributed by atoms with Gasteiger partial charge < -0.3 is 14.3 Å². The molecule has 0 bridgehead atoms. The van der Waals surface area contributed by atoms with Crippen molar-refractivity contribution in [3.05, 3.63) is 16.7 Å². The Morgan fingerprint density at radius 3 is 2.88 bits per heavy atom. The van der Waals surface area contributed by atoms with E-state index in [1.165, 1.54) is 5.69 Å². The average molecular weight is 240 g/mol. The second-order valence-corrected chi connectivity index (χ2v) is 5.55. The number of ether oxygens (including phenoxy) is 1. The molecule has 2 rings (SSSR count). The van der Waals surface area contributed by atoms with Gasteiger partial charge in [-0.2, -0.15) is 0 Å². The number of aromatic amines is 1. The minimum Gasteiger partial charge on any atom is -0.379 e. The van der Waals surface area contributed by atoms with E-state index in [1.54, 1.807) is 0 Å². The number of hydrogen-bond donors (Lipinski definition) is 1. The summed E-state index contributed by atoms with van der Waals surface area (Å²) < 4.78 is 8.69. The molecule has 1 saturated heterocycles. The molecule has 1 aromatic rings. The molecule has 1 atom stereocenters. The second kappa shape index (κ2) is 4.34. The van der Waals surface area contributed by atoms with Crippen molar-refractivity contribution in [1.82, 2.24) is 9.55 Å². The summed E-state index contributed by atoms with van der Waals surface area (Å²) in [5.41, 5.74) is 1.30. The average Bonchev–Trinajstić information content (AvgIpc) is 2.62. The zero-order valence-corrected chi connectivity index (χ0v) is 11.1. The lowest BCUT2D eigenvalue weighted by Gasteiger charge is -2.36. The summed E-state index contributed by atoms with van der Waals surface area (Å²) in [5, 5.41) is 0. The van der Waals surface area contributed by atoms with E-state index in [0.29, 0.717) is 5.92 Å². The Balaban J connectivity index is 2.45. The lowest BCUT2D eigenvalue weighted by atomic mass is 9.93. The zero-order chi connectivity index (χ0) is 11.8. The highest BCUT2D eigenvalue weighted by atomic mass is 32.1. The van der Waals surface area contributed by atoms with Crippen LogP contribution in [0.25, 0.3) is 0 Å². The Morgan fingerprint density at radius 1 is 1.56 bits per heavy atom. The summed E-state index contributed by atoms with van der Waals surface area (Å²) >= 11 is 5.40. The molecule has 3 nitrogen and oxygen atoms in total. The van der Waals surface area contributed by atoms with Crippen LogP contribution in [0.1, 0.15) is 45.2 Å². The van der Waals surface area contributed by atoms with Crippen LogP contribution < -0.4 is 0 Å². The number of H-pyrrole nitrogens is 1. The summed E-state index contributed by atoms with van der Waals surface area (Å²) in [4.78, 5) is 3.16. The minimum absolute atomic E-state index is 0.0228. The highest BCUT2D eigenvalue weighted by molar-refractivity contribution is 7.71. The lowest BCUT2D eigenvalue weighted by Crippen LogP contribution is -2.40. The van der Waals surface area contributed by atoms with Crippen LogP contribution in [0.3, 0.4) is 0 Å². The number of hydrogen-bond acceptors (Lipinski definition) is 2. The molecular formula is C12H20N2OS. The van der Waals surface area contributed by atoms with Gasteiger partial charge in [-0.15, -0.1) is 0 Å². The topological polar surface area (TPSA) is 29.9 Å². The Morgan fingerprint density at radius 2 is 2.31 bits per heavy atom. The first-order chi connectivity index (χ1) is 7.54. The maximum absolute atomic E-state index is 5.62. The van der Waals surface area contributed by atoms with Crippen LogP contribution in [0.5, 0.6) is 0 Å². The van der Waals surface area contributed by atoms with E-state index in [-0.39, 0.29) is 5.54 Å². The van der Waals surface area contributed by atoms with E-state index in [4.69, 9.17) is 17.0 Å². The highest BCUT2D eigenvalue weighted by Crippen LogP contribution is 2.31. The molecule has 1 fully saturated rings. The maximum atomic E-state index is 5.62. The highest BCUT2D eigenvalue weighted by Gasteiger charge is 2.32. The standard InChI is InChI=1S/C12H20N2OS/c1-9(2)10-7-13-11(16)14(10)12(3)5-4-6-15-8-12/h7,9H,4-6,8H2,1-3H3,(H,13,16). The normalized spacial score (nSPS) is 26.2. The molecule has 1 unspecified atom stereocenters. The van der Waals surface area contributed by atoms with Crippen molar-refractivity contribution in [1.29, 1.82) is 0 Å². The smallest absolute Gasteiger partial charge is 0.177 e. The van der Waals surface area contributed by atoms with Gasteiger partial charge in [0.05, 0.1) is 12.1 Å². The van der Waals surface area contributed by atoms with Gasteiger partial charge in [0.25, 0.3) is 0 Å². The van der Waals surface area contributed by atoms with Crippen molar-refractivity contribution in [2.75, 3.05) is 13.2 Å². The lowest BCUT2D eigenvalue weighted by molar-refractivity contribution is 0.00735. The van der Waals surface area contributed by atoms with Crippen LogP contribution in [0, 0.1) is 4.77 Å². The van der Waals surface area contributed by atoms with E-state index in [1.807, 2.05) is 6.20 Å². The molecule has 0 aliphatic carbocycles. The van der Waals surface area contributed by atoms with Gasteiger partial charge in [0, 0.05) is 18.5 Å². The number of nitrogens with one attached hydrogen (secondary N) is 1. The van der Waals surface area contributed by atoms with E-state index < -0.39 is 0 Å². The molecule has 0 aromatic carbocycles. The minimum atomic E-state index is 0.0228. The van der Waals surface area contributed by atoms with E-state index in [9.17, 15) is 0 Å². The fourth-order valence-electron chi connectivity index (χ4n) is 2.46. The monoisotopic (exact) mass is 240 g/mol. The van der Waals surface area contributed by atoms with Crippen molar-refractivity contribution in [3.8, 4) is 0 Å². The van der Waals surface area contributed by atoms with E-state index in [2.05, 4.69) is 30.3 Å². The van der Waals surface area contributed by atoms with Crippen LogP contribution in [0.4, 0.5) is 0 Å². The van der Waals surface area contributed by atoms with Gasteiger partial charge in [-0.1, -0.05) is 13.8 Å². The Hall–Kier alpha value is -0.610. The third kappa shape index (κ3) is 1.96. The van der Waals surface area contributed by atoms with Gasteiger partial charge in [0.2, 0.25) is 0 Å². The number of aromatic nitrogens is 2. The van der Waals surface area contributed by atoms with Crippen molar-refractivity contribution >= 4 is 12.2 Å². The van der Waals surface area contributed by atoms with Gasteiger partial charge in [0.1, 0.15) is 0 Å². The van der Waals surface area contributed by atoms with Crippen LogP contribution in [-0.4, -0.2) is 22.8 Å². The molecule has 0 spiro atoms. The fourth-order valence-corrected chi connectivity index (χ4v) is 2.84. The Kier molecular flexibility index (Phi) is 3.22. The molecule has 4 heteroatoms. The predicted octanol–water partition coefficient (Wildman–Crippen LogP) is 3.19. The quantitative estimate of drug-likeness (QED) is 0.805. The van der Waals surface area contributed by atoms with Crippen LogP contribution >= 0.6 is 12.2 Å². The second-order valence-electron chi connectivity index (χ2n) is 5.16. The van der Waals surface area contributed by atoms with Gasteiger partial charge >= 0.3 is 0 Å². The molecule has 2 heterocycles. The van der Waals surface area contributed by atoms with Crippen LogP contribution in [0.2, 0.25) is 0 Å². The van der Waals surface area contributed by atoms with Crippen LogP contribution in [0.15, 0.2) is 6.20 Å². The first-order valence-corrected chi connectivity index (χ1v) is 6.34. The summed E-state index contributed by atoms with van der Waals surface area (Å²) in [5.74, 6) is 0.478. The molecule has 0 amide bonds. The Bertz CT molecular complexity index is 413. The Labute approximate surface area is 102 Å². The van der Waals surface area contributed by atoms with Crippen molar-refractivity contribution in [3.63, 3.8) is 0 Å². The molecule has 0 saturated carbocycles. The molecule has 1 aliphatic heterocycles. The van der Waals surface area contributed by atoms with Gasteiger partial charge in [-0.05, 0) is 37.9 Å². The molecule has 1 N–H and O–H groups in total. The van der Waals surface area contributed by atoms with Crippen LogP contribution in [-0.2, 0) is 10.3 Å². The zero-order valence-electron chi connectivity index (χ0n) is 10.2. The van der Waals surface area contributed by atoms with Gasteiger partial charge in [-0.3, -0.25) is 0 Å². The first-order valence-electron chi connectivity index (χ1n) is 5.93. The SMILES string of the molecule is CC(C)c1c[nH]c(=S)n1C1(C)CCCOC1. The number of imidazole rings is 1. The molecule has 16 heavy (non-hydrogen) atoms. The van der Waals surface area contributed by atoms with Crippen molar-refractivity contribution in [2.45, 2.75) is 45.1 Å². The first kappa shape index (κ1) is 11.9. The van der Waals surface area contributed by atoms with Gasteiger partial charge in [-0.25, -0.2) is 0 Å². The summed E-state index contributed by atoms with van der Waals surface area (Å²) in [6.45, 7) is 8.27. The summed E-state index contributed by atoms with van der Waals surface area (Å²) in [7, 11) is 0. The molecule has 1 aromatic heterocycles.